The molecule has 29 heavy (non-hydrogen) atoms. The molecule has 0 amide bonds. The molecule has 3 rings (SSSR count). The van der Waals surface area contributed by atoms with E-state index in [4.69, 9.17) is 14.2 Å². The van der Waals surface area contributed by atoms with Gasteiger partial charge in [0.1, 0.15) is 5.75 Å². The van der Waals surface area contributed by atoms with Crippen LogP contribution in [0.1, 0.15) is 31.0 Å². The summed E-state index contributed by atoms with van der Waals surface area (Å²) >= 11 is 0. The quantitative estimate of drug-likeness (QED) is 0.295. The Bertz CT molecular complexity index is 822. The highest BCUT2D eigenvalue weighted by Crippen LogP contribution is 2.35. The van der Waals surface area contributed by atoms with Crippen LogP contribution in [-0.4, -0.2) is 47.8 Å². The Morgan fingerprint density at radius 2 is 2.07 bits per heavy atom. The molecule has 9 heteroatoms. The molecule has 0 aliphatic carbocycles. The lowest BCUT2D eigenvalue weighted by Gasteiger charge is -2.22. The van der Waals surface area contributed by atoms with Gasteiger partial charge in [-0.3, -0.25) is 10.1 Å². The highest BCUT2D eigenvalue weighted by Gasteiger charge is 2.19. The van der Waals surface area contributed by atoms with Crippen molar-refractivity contribution in [2.24, 2.45) is 0 Å². The van der Waals surface area contributed by atoms with Gasteiger partial charge < -0.3 is 19.5 Å². The average Bonchev–Trinajstić information content (AvgIpc) is 2.73. The van der Waals surface area contributed by atoms with Gasteiger partial charge in [-0.15, -0.1) is 0 Å². The zero-order valence-electron chi connectivity index (χ0n) is 16.7. The predicted octanol–water partition coefficient (Wildman–Crippen LogP) is 3.00. The highest BCUT2D eigenvalue weighted by molar-refractivity contribution is 5.73. The molecule has 0 radical (unpaired) electrons. The third kappa shape index (κ3) is 5.69. The van der Waals surface area contributed by atoms with Crippen LogP contribution >= 0.6 is 0 Å². The van der Waals surface area contributed by atoms with E-state index in [1.165, 1.54) is 12.1 Å². The van der Waals surface area contributed by atoms with E-state index in [1.54, 1.807) is 6.92 Å². The third-order valence-corrected chi connectivity index (χ3v) is 4.77. The summed E-state index contributed by atoms with van der Waals surface area (Å²) in [4.78, 5) is 10.8. The van der Waals surface area contributed by atoms with Crippen molar-refractivity contribution < 1.29 is 19.1 Å². The fraction of sp³-hybridized carbons (Fsp3) is 0.500. The lowest BCUT2D eigenvalue weighted by molar-refractivity contribution is -0.385. The van der Waals surface area contributed by atoms with E-state index in [0.29, 0.717) is 41.8 Å². The van der Waals surface area contributed by atoms with Gasteiger partial charge in [0.05, 0.1) is 22.4 Å². The number of nitrogens with one attached hydrogen (secondary N) is 1. The summed E-state index contributed by atoms with van der Waals surface area (Å²) in [7, 11) is 0. The summed E-state index contributed by atoms with van der Waals surface area (Å²) in [6.07, 6.45) is 1.99. The predicted molar refractivity (Wildman–Crippen MR) is 107 cm³/mol. The van der Waals surface area contributed by atoms with E-state index in [1.807, 2.05) is 19.1 Å². The summed E-state index contributed by atoms with van der Waals surface area (Å²) in [5, 5.41) is 23.3. The van der Waals surface area contributed by atoms with E-state index >= 15 is 0 Å². The summed E-state index contributed by atoms with van der Waals surface area (Å²) in [6.45, 7) is 6.32. The highest BCUT2D eigenvalue weighted by atomic mass is 16.7. The zero-order valence-corrected chi connectivity index (χ0v) is 16.7. The normalized spacial score (nSPS) is 14.7. The number of benzene rings is 1. The Morgan fingerprint density at radius 1 is 1.28 bits per heavy atom. The Hall–Kier alpha value is -2.62. The number of aromatic nitrogens is 2. The molecule has 1 aromatic carbocycles. The number of nitro groups is 1. The smallest absolute Gasteiger partial charge is 0.273 e. The van der Waals surface area contributed by atoms with Crippen LogP contribution in [0, 0.1) is 17.0 Å². The number of hydrogen-bond acceptors (Lipinski definition) is 8. The first-order chi connectivity index (χ1) is 14.1. The molecule has 1 aliphatic rings. The number of hydrogen-bond donors (Lipinski definition) is 1. The van der Waals surface area contributed by atoms with E-state index in [-0.39, 0.29) is 12.5 Å². The van der Waals surface area contributed by atoms with E-state index in [0.717, 1.165) is 31.7 Å². The van der Waals surface area contributed by atoms with Crippen molar-refractivity contribution in [1.29, 1.82) is 0 Å². The van der Waals surface area contributed by atoms with Crippen molar-refractivity contribution in [3.05, 3.63) is 45.6 Å². The van der Waals surface area contributed by atoms with E-state index in [9.17, 15) is 10.1 Å². The molecular weight excluding hydrogens is 376 g/mol. The Balaban J connectivity index is 1.78. The maximum atomic E-state index is 11.2. The van der Waals surface area contributed by atoms with Gasteiger partial charge in [-0.2, -0.15) is 10.2 Å². The van der Waals surface area contributed by atoms with Gasteiger partial charge in [-0.05, 0) is 44.4 Å². The SMILES string of the molecule is CCOCOc1cc([N+](=O)[O-])cc(C)c1-c1ccc(CNC2CCOCC2)nn1. The van der Waals surface area contributed by atoms with Crippen LogP contribution in [0.4, 0.5) is 5.69 Å². The first-order valence-electron chi connectivity index (χ1n) is 9.72. The van der Waals surface area contributed by atoms with Gasteiger partial charge in [0.15, 0.2) is 6.79 Å². The number of non-ortho nitro benzene ring substituents is 1. The molecule has 1 aliphatic heterocycles. The van der Waals surface area contributed by atoms with E-state index < -0.39 is 4.92 Å². The molecule has 2 heterocycles. The monoisotopic (exact) mass is 402 g/mol. The van der Waals surface area contributed by atoms with Crippen LogP contribution in [0.3, 0.4) is 0 Å². The minimum Gasteiger partial charge on any atom is -0.467 e. The maximum absolute atomic E-state index is 11.2. The fourth-order valence-corrected chi connectivity index (χ4v) is 3.21. The van der Waals surface area contributed by atoms with Crippen molar-refractivity contribution in [3.63, 3.8) is 0 Å². The van der Waals surface area contributed by atoms with Gasteiger partial charge in [0.25, 0.3) is 5.69 Å². The molecule has 156 valence electrons. The second kappa shape index (κ2) is 10.2. The van der Waals surface area contributed by atoms with E-state index in [2.05, 4.69) is 15.5 Å². The zero-order chi connectivity index (χ0) is 20.6. The van der Waals surface area contributed by atoms with Crippen molar-refractivity contribution >= 4 is 5.69 Å². The Labute approximate surface area is 169 Å². The number of aryl methyl sites for hydroxylation is 1. The molecule has 1 N–H and O–H groups in total. The molecule has 1 aromatic heterocycles. The van der Waals surface area contributed by atoms with Gasteiger partial charge in [0, 0.05) is 44.0 Å². The number of nitrogens with zero attached hydrogens (tertiary/aromatic N) is 3. The van der Waals surface area contributed by atoms with Gasteiger partial charge in [0.2, 0.25) is 0 Å². The molecule has 1 saturated heterocycles. The molecule has 0 unspecified atom stereocenters. The fourth-order valence-electron chi connectivity index (χ4n) is 3.21. The molecule has 0 bridgehead atoms. The Kier molecular flexibility index (Phi) is 7.45. The van der Waals surface area contributed by atoms with Crippen LogP contribution < -0.4 is 10.1 Å². The van der Waals surface area contributed by atoms with Gasteiger partial charge >= 0.3 is 0 Å². The summed E-state index contributed by atoms with van der Waals surface area (Å²) in [5.41, 5.74) is 2.75. The molecule has 2 aromatic rings. The lowest BCUT2D eigenvalue weighted by atomic mass is 10.0. The second-order valence-electron chi connectivity index (χ2n) is 6.83. The largest absolute Gasteiger partial charge is 0.467 e. The van der Waals surface area contributed by atoms with Crippen LogP contribution in [0.25, 0.3) is 11.3 Å². The maximum Gasteiger partial charge on any atom is 0.273 e. The van der Waals surface area contributed by atoms with Gasteiger partial charge in [-0.1, -0.05) is 0 Å². The van der Waals surface area contributed by atoms with Crippen molar-refractivity contribution in [2.75, 3.05) is 26.6 Å². The average molecular weight is 402 g/mol. The molecule has 1 fully saturated rings. The number of ether oxygens (including phenoxy) is 3. The third-order valence-electron chi connectivity index (χ3n) is 4.77. The standard InChI is InChI=1S/C20H26N4O5/c1-3-27-13-29-19-11-17(24(25)26)10-14(2)20(19)18-5-4-16(22-23-18)12-21-15-6-8-28-9-7-15/h4-5,10-11,15,21H,3,6-9,12-13H2,1-2H3. The molecule has 0 saturated carbocycles. The minimum absolute atomic E-state index is 0.00461. The first-order valence-corrected chi connectivity index (χ1v) is 9.72. The number of nitro benzene ring substituents is 1. The van der Waals surface area contributed by atoms with Crippen molar-refractivity contribution in [3.8, 4) is 17.0 Å². The minimum atomic E-state index is -0.443. The summed E-state index contributed by atoms with van der Waals surface area (Å²) < 4.78 is 16.2. The lowest BCUT2D eigenvalue weighted by Crippen LogP contribution is -2.34. The van der Waals surface area contributed by atoms with Crippen LogP contribution in [-0.2, 0) is 16.0 Å². The number of rotatable bonds is 9. The first kappa shape index (κ1) is 21.1. The second-order valence-corrected chi connectivity index (χ2v) is 6.83. The summed E-state index contributed by atoms with van der Waals surface area (Å²) in [5.74, 6) is 0.354. The van der Waals surface area contributed by atoms with Crippen molar-refractivity contribution in [2.45, 2.75) is 39.3 Å². The van der Waals surface area contributed by atoms with Gasteiger partial charge in [-0.25, -0.2) is 0 Å². The molecule has 9 nitrogen and oxygen atoms in total. The molecule has 0 spiro atoms. The van der Waals surface area contributed by atoms with Crippen LogP contribution in [0.15, 0.2) is 24.3 Å². The van der Waals surface area contributed by atoms with Crippen LogP contribution in [0.5, 0.6) is 5.75 Å². The molecular formula is C20H26N4O5. The Morgan fingerprint density at radius 3 is 2.72 bits per heavy atom. The van der Waals surface area contributed by atoms with Crippen molar-refractivity contribution in [1.82, 2.24) is 15.5 Å². The topological polar surface area (TPSA) is 109 Å². The van der Waals surface area contributed by atoms with Crippen LogP contribution in [0.2, 0.25) is 0 Å². The summed E-state index contributed by atoms with van der Waals surface area (Å²) in [6, 6.07) is 7.09. The molecule has 0 atom stereocenters.